The second kappa shape index (κ2) is 5.30. The number of hydrogen-bond acceptors (Lipinski definition) is 2. The fraction of sp³-hybridized carbons (Fsp3) is 0.385. The van der Waals surface area contributed by atoms with Crippen molar-refractivity contribution in [2.75, 3.05) is 13.2 Å². The minimum Gasteiger partial charge on any atom is -0.489 e. The van der Waals surface area contributed by atoms with E-state index < -0.39 is 0 Å². The van der Waals surface area contributed by atoms with E-state index in [0.717, 1.165) is 17.7 Å². The molecule has 2 N–H and O–H groups in total. The van der Waals surface area contributed by atoms with Crippen molar-refractivity contribution < 1.29 is 4.74 Å². The number of nitrogens with two attached hydrogens (primary N) is 1. The Morgan fingerprint density at radius 2 is 2.24 bits per heavy atom. The first-order valence-corrected chi connectivity index (χ1v) is 6.36. The topological polar surface area (TPSA) is 35.2 Å². The zero-order valence-corrected chi connectivity index (χ0v) is 11.0. The molecule has 0 radical (unpaired) electrons. The molecule has 17 heavy (non-hydrogen) atoms. The fourth-order valence-electron chi connectivity index (χ4n) is 2.03. The lowest BCUT2D eigenvalue weighted by molar-refractivity contribution is 0.359. The van der Waals surface area contributed by atoms with Gasteiger partial charge in [0.05, 0.1) is 10.0 Å². The van der Waals surface area contributed by atoms with Crippen molar-refractivity contribution in [3.05, 3.63) is 40.4 Å². The summed E-state index contributed by atoms with van der Waals surface area (Å²) in [7, 11) is 0. The molecule has 92 valence electrons. The molecule has 0 bridgehead atoms. The van der Waals surface area contributed by atoms with E-state index in [1.54, 1.807) is 12.1 Å². The van der Waals surface area contributed by atoms with Crippen LogP contribution in [0.3, 0.4) is 0 Å². The Balaban J connectivity index is 2.32. The molecule has 1 saturated carbocycles. The predicted octanol–water partition coefficient (Wildman–Crippen LogP) is 3.62. The number of benzene rings is 1. The van der Waals surface area contributed by atoms with Crippen molar-refractivity contribution in [3.63, 3.8) is 0 Å². The fourth-order valence-corrected chi connectivity index (χ4v) is 2.49. The van der Waals surface area contributed by atoms with Crippen LogP contribution in [0.2, 0.25) is 10.0 Å². The normalized spacial score (nSPS) is 22.3. The summed E-state index contributed by atoms with van der Waals surface area (Å²) in [5.41, 5.74) is 6.66. The van der Waals surface area contributed by atoms with Gasteiger partial charge in [0.2, 0.25) is 0 Å². The maximum atomic E-state index is 6.26. The Bertz CT molecular complexity index is 434. The predicted molar refractivity (Wildman–Crippen MR) is 72.1 cm³/mol. The zero-order valence-electron chi connectivity index (χ0n) is 9.46. The van der Waals surface area contributed by atoms with Crippen molar-refractivity contribution >= 4 is 23.2 Å². The van der Waals surface area contributed by atoms with Crippen LogP contribution in [0, 0.1) is 5.92 Å². The molecule has 0 heterocycles. The first-order valence-electron chi connectivity index (χ1n) is 5.60. The third-order valence-electron chi connectivity index (χ3n) is 3.05. The maximum absolute atomic E-state index is 6.26. The van der Waals surface area contributed by atoms with Gasteiger partial charge in [-0.15, -0.1) is 0 Å². The molecule has 1 aliphatic carbocycles. The van der Waals surface area contributed by atoms with Crippen LogP contribution in [0.25, 0.3) is 0 Å². The highest BCUT2D eigenvalue weighted by molar-refractivity contribution is 6.42. The molecule has 0 amide bonds. The van der Waals surface area contributed by atoms with Gasteiger partial charge in [-0.25, -0.2) is 0 Å². The first-order chi connectivity index (χ1) is 8.19. The second-order valence-electron chi connectivity index (χ2n) is 4.21. The van der Waals surface area contributed by atoms with Gasteiger partial charge in [-0.05, 0) is 36.9 Å². The van der Waals surface area contributed by atoms with Crippen molar-refractivity contribution in [3.8, 4) is 5.75 Å². The van der Waals surface area contributed by atoms with Gasteiger partial charge < -0.3 is 10.5 Å². The number of halogens is 2. The van der Waals surface area contributed by atoms with Crippen LogP contribution in [0.15, 0.2) is 24.8 Å². The Kier molecular flexibility index (Phi) is 3.97. The number of hydrogen-bond donors (Lipinski definition) is 1. The van der Waals surface area contributed by atoms with Gasteiger partial charge in [-0.2, -0.15) is 0 Å². The van der Waals surface area contributed by atoms with Gasteiger partial charge in [0.15, 0.2) is 0 Å². The van der Waals surface area contributed by atoms with Crippen molar-refractivity contribution in [2.45, 2.75) is 12.3 Å². The van der Waals surface area contributed by atoms with Gasteiger partial charge in [-0.1, -0.05) is 35.9 Å². The molecule has 1 aliphatic rings. The van der Waals surface area contributed by atoms with E-state index in [0.29, 0.717) is 35.0 Å². The standard InChI is InChI=1S/C13H15Cl2NO/c1-2-5-17-11-4-3-10(14)13(15)12(11)9-6-8(9)7-16/h2-4,8-9H,1,5-7,16H2. The summed E-state index contributed by atoms with van der Waals surface area (Å²) in [4.78, 5) is 0. The molecule has 2 nitrogen and oxygen atoms in total. The second-order valence-corrected chi connectivity index (χ2v) is 5.00. The number of ether oxygens (including phenoxy) is 1. The summed E-state index contributed by atoms with van der Waals surface area (Å²) in [6.07, 6.45) is 2.76. The van der Waals surface area contributed by atoms with E-state index in [1.807, 2.05) is 6.07 Å². The minimum atomic E-state index is 0.381. The summed E-state index contributed by atoms with van der Waals surface area (Å²) in [6.45, 7) is 4.77. The molecule has 1 aromatic carbocycles. The molecule has 1 aromatic rings. The Morgan fingerprint density at radius 3 is 2.82 bits per heavy atom. The third-order valence-corrected chi connectivity index (χ3v) is 3.86. The SMILES string of the molecule is C=CCOc1ccc(Cl)c(Cl)c1C1CC1CN. The molecule has 0 spiro atoms. The molecule has 4 heteroatoms. The lowest BCUT2D eigenvalue weighted by Crippen LogP contribution is -2.04. The Labute approximate surface area is 111 Å². The van der Waals surface area contributed by atoms with Crippen LogP contribution in [0.4, 0.5) is 0 Å². The molecular weight excluding hydrogens is 257 g/mol. The monoisotopic (exact) mass is 271 g/mol. The molecule has 0 saturated heterocycles. The van der Waals surface area contributed by atoms with Crippen LogP contribution in [0.5, 0.6) is 5.75 Å². The number of rotatable bonds is 5. The molecule has 0 aliphatic heterocycles. The molecular formula is C13H15Cl2NO. The van der Waals surface area contributed by atoms with Crippen molar-refractivity contribution in [1.82, 2.24) is 0 Å². The van der Waals surface area contributed by atoms with Crippen LogP contribution in [0.1, 0.15) is 17.9 Å². The highest BCUT2D eigenvalue weighted by Crippen LogP contribution is 2.53. The Morgan fingerprint density at radius 1 is 1.47 bits per heavy atom. The molecule has 1 fully saturated rings. The largest absolute Gasteiger partial charge is 0.489 e. The highest BCUT2D eigenvalue weighted by atomic mass is 35.5. The summed E-state index contributed by atoms with van der Waals surface area (Å²) in [5, 5.41) is 1.16. The van der Waals surface area contributed by atoms with Crippen LogP contribution < -0.4 is 10.5 Å². The van der Waals surface area contributed by atoms with Crippen LogP contribution in [-0.4, -0.2) is 13.2 Å². The van der Waals surface area contributed by atoms with Gasteiger partial charge >= 0.3 is 0 Å². The van der Waals surface area contributed by atoms with Crippen molar-refractivity contribution in [2.24, 2.45) is 11.7 Å². The van der Waals surface area contributed by atoms with Crippen LogP contribution in [-0.2, 0) is 0 Å². The van der Waals surface area contributed by atoms with Gasteiger partial charge in [0.25, 0.3) is 0 Å². The van der Waals surface area contributed by atoms with E-state index >= 15 is 0 Å². The van der Waals surface area contributed by atoms with E-state index in [9.17, 15) is 0 Å². The minimum absolute atomic E-state index is 0.381. The lowest BCUT2D eigenvalue weighted by Gasteiger charge is -2.13. The van der Waals surface area contributed by atoms with E-state index in [2.05, 4.69) is 6.58 Å². The molecule has 0 aromatic heterocycles. The lowest BCUT2D eigenvalue weighted by atomic mass is 10.1. The van der Waals surface area contributed by atoms with E-state index in [4.69, 9.17) is 33.7 Å². The van der Waals surface area contributed by atoms with Gasteiger partial charge in [-0.3, -0.25) is 0 Å². The summed E-state index contributed by atoms with van der Waals surface area (Å²) in [6, 6.07) is 3.62. The maximum Gasteiger partial charge on any atom is 0.124 e. The molecule has 2 rings (SSSR count). The summed E-state index contributed by atoms with van der Waals surface area (Å²) < 4.78 is 5.61. The van der Waals surface area contributed by atoms with Crippen molar-refractivity contribution in [1.29, 1.82) is 0 Å². The van der Waals surface area contributed by atoms with Gasteiger partial charge in [0.1, 0.15) is 12.4 Å². The van der Waals surface area contributed by atoms with Gasteiger partial charge in [0, 0.05) is 5.56 Å². The average molecular weight is 272 g/mol. The first kappa shape index (κ1) is 12.7. The molecule has 2 unspecified atom stereocenters. The summed E-state index contributed by atoms with van der Waals surface area (Å²) in [5.74, 6) is 1.67. The quantitative estimate of drug-likeness (QED) is 0.831. The zero-order chi connectivity index (χ0) is 12.4. The third kappa shape index (κ3) is 2.59. The highest BCUT2D eigenvalue weighted by Gasteiger charge is 2.40. The Hall–Kier alpha value is -0.700. The van der Waals surface area contributed by atoms with Crippen LogP contribution >= 0.6 is 23.2 Å². The average Bonchev–Trinajstić information content (AvgIpc) is 3.09. The van der Waals surface area contributed by atoms with E-state index in [1.165, 1.54) is 0 Å². The summed E-state index contributed by atoms with van der Waals surface area (Å²) >= 11 is 12.3. The molecule has 2 atom stereocenters. The van der Waals surface area contributed by atoms with E-state index in [-0.39, 0.29) is 0 Å². The smallest absolute Gasteiger partial charge is 0.124 e.